The van der Waals surface area contributed by atoms with Gasteiger partial charge in [0.1, 0.15) is 11.7 Å². The molecule has 6 heteroatoms. The molecule has 1 atom stereocenters. The Labute approximate surface area is 123 Å². The number of benzene rings is 1. The fourth-order valence-corrected chi connectivity index (χ4v) is 2.31. The van der Waals surface area contributed by atoms with Gasteiger partial charge in [-0.15, -0.1) is 0 Å². The summed E-state index contributed by atoms with van der Waals surface area (Å²) in [6.45, 7) is 4.12. The van der Waals surface area contributed by atoms with E-state index in [4.69, 9.17) is 4.74 Å². The van der Waals surface area contributed by atoms with Crippen LogP contribution in [-0.4, -0.2) is 24.5 Å². The van der Waals surface area contributed by atoms with Crippen molar-refractivity contribution in [1.82, 2.24) is 5.32 Å². The van der Waals surface area contributed by atoms with Crippen molar-refractivity contribution in [1.29, 1.82) is 0 Å². The van der Waals surface area contributed by atoms with Gasteiger partial charge < -0.3 is 4.74 Å². The first-order valence-electron chi connectivity index (χ1n) is 7.00. The molecule has 1 fully saturated rings. The van der Waals surface area contributed by atoms with Crippen LogP contribution in [0.3, 0.4) is 0 Å². The molecule has 1 heterocycles. The summed E-state index contributed by atoms with van der Waals surface area (Å²) >= 11 is 0. The summed E-state index contributed by atoms with van der Waals surface area (Å²) in [6, 6.07) is 6.05. The van der Waals surface area contributed by atoms with Crippen LogP contribution in [0.1, 0.15) is 26.7 Å². The summed E-state index contributed by atoms with van der Waals surface area (Å²) in [5.41, 5.74) is 0.357. The average molecular weight is 290 g/mol. The van der Waals surface area contributed by atoms with Crippen LogP contribution in [0, 0.1) is 5.92 Å². The largest absolute Gasteiger partial charge is 0.492 e. The number of carbonyl (C=O) groups is 3. The minimum absolute atomic E-state index is 0.357. The third-order valence-corrected chi connectivity index (χ3v) is 3.25. The SMILES string of the molecule is CCCC1C(=O)NC(=O)N(c2ccccc2OCC)C1=O. The van der Waals surface area contributed by atoms with E-state index in [2.05, 4.69) is 5.32 Å². The van der Waals surface area contributed by atoms with Gasteiger partial charge in [0.15, 0.2) is 0 Å². The normalized spacial score (nSPS) is 18.7. The lowest BCUT2D eigenvalue weighted by atomic mass is 9.99. The van der Waals surface area contributed by atoms with Crippen molar-refractivity contribution in [2.45, 2.75) is 26.7 Å². The summed E-state index contributed by atoms with van der Waals surface area (Å²) in [7, 11) is 0. The summed E-state index contributed by atoms with van der Waals surface area (Å²) in [6.07, 6.45) is 1.09. The molecule has 112 valence electrons. The quantitative estimate of drug-likeness (QED) is 0.842. The molecule has 1 saturated heterocycles. The molecule has 0 aromatic heterocycles. The Morgan fingerprint density at radius 3 is 2.57 bits per heavy atom. The first-order valence-corrected chi connectivity index (χ1v) is 7.00. The maximum atomic E-state index is 12.5. The second kappa shape index (κ2) is 6.39. The number of hydrogen-bond donors (Lipinski definition) is 1. The Kier molecular flexibility index (Phi) is 4.57. The number of nitrogens with zero attached hydrogens (tertiary/aromatic N) is 1. The molecule has 6 nitrogen and oxygen atoms in total. The minimum atomic E-state index is -0.831. The number of amides is 4. The van der Waals surface area contributed by atoms with Crippen molar-refractivity contribution in [3.05, 3.63) is 24.3 Å². The summed E-state index contributed by atoms with van der Waals surface area (Å²) in [4.78, 5) is 37.3. The van der Waals surface area contributed by atoms with Gasteiger partial charge >= 0.3 is 6.03 Å². The molecular formula is C15H18N2O4. The van der Waals surface area contributed by atoms with Crippen LogP contribution in [-0.2, 0) is 9.59 Å². The van der Waals surface area contributed by atoms with E-state index in [1.807, 2.05) is 13.8 Å². The Balaban J connectivity index is 2.39. The molecule has 1 unspecified atom stereocenters. The van der Waals surface area contributed by atoms with Crippen molar-refractivity contribution in [3.8, 4) is 5.75 Å². The molecule has 0 radical (unpaired) electrons. The van der Waals surface area contributed by atoms with E-state index >= 15 is 0 Å². The molecule has 0 spiro atoms. The lowest BCUT2D eigenvalue weighted by Gasteiger charge is -2.30. The van der Waals surface area contributed by atoms with Gasteiger partial charge in [0.25, 0.3) is 0 Å². The zero-order valence-electron chi connectivity index (χ0n) is 12.1. The topological polar surface area (TPSA) is 75.7 Å². The van der Waals surface area contributed by atoms with Gasteiger partial charge in [-0.1, -0.05) is 25.5 Å². The zero-order chi connectivity index (χ0) is 15.4. The maximum Gasteiger partial charge on any atom is 0.335 e. The first kappa shape index (κ1) is 15.0. The average Bonchev–Trinajstić information content (AvgIpc) is 2.45. The number of imide groups is 2. The number of urea groups is 1. The number of carbonyl (C=O) groups excluding carboxylic acids is 3. The minimum Gasteiger partial charge on any atom is -0.492 e. The van der Waals surface area contributed by atoms with E-state index < -0.39 is 23.8 Å². The van der Waals surface area contributed by atoms with Crippen molar-refractivity contribution in [2.24, 2.45) is 5.92 Å². The lowest BCUT2D eigenvalue weighted by Crippen LogP contribution is -2.58. The molecule has 1 aromatic carbocycles. The van der Waals surface area contributed by atoms with Crippen molar-refractivity contribution in [3.63, 3.8) is 0 Å². The molecule has 4 amide bonds. The van der Waals surface area contributed by atoms with Crippen LogP contribution in [0.25, 0.3) is 0 Å². The number of anilines is 1. The van der Waals surface area contributed by atoms with E-state index in [-0.39, 0.29) is 0 Å². The van der Waals surface area contributed by atoms with Gasteiger partial charge in [-0.2, -0.15) is 0 Å². The molecule has 1 aromatic rings. The summed E-state index contributed by atoms with van der Waals surface area (Å²) < 4.78 is 5.45. The fraction of sp³-hybridized carbons (Fsp3) is 0.400. The number of rotatable bonds is 5. The van der Waals surface area contributed by atoms with Gasteiger partial charge in [-0.25, -0.2) is 9.69 Å². The van der Waals surface area contributed by atoms with Gasteiger partial charge in [-0.3, -0.25) is 14.9 Å². The Bertz CT molecular complexity index is 571. The Morgan fingerprint density at radius 1 is 1.19 bits per heavy atom. The van der Waals surface area contributed by atoms with Crippen LogP contribution in [0.2, 0.25) is 0 Å². The fourth-order valence-electron chi connectivity index (χ4n) is 2.31. The van der Waals surface area contributed by atoms with Crippen molar-refractivity contribution < 1.29 is 19.1 Å². The molecule has 21 heavy (non-hydrogen) atoms. The molecule has 0 saturated carbocycles. The molecule has 0 aliphatic carbocycles. The first-order chi connectivity index (χ1) is 10.1. The van der Waals surface area contributed by atoms with Crippen molar-refractivity contribution >= 4 is 23.5 Å². The third-order valence-electron chi connectivity index (χ3n) is 3.25. The number of hydrogen-bond acceptors (Lipinski definition) is 4. The number of ether oxygens (including phenoxy) is 1. The van der Waals surface area contributed by atoms with Crippen LogP contribution >= 0.6 is 0 Å². The highest BCUT2D eigenvalue weighted by molar-refractivity contribution is 6.28. The van der Waals surface area contributed by atoms with Crippen LogP contribution < -0.4 is 15.0 Å². The standard InChI is InChI=1S/C15H18N2O4/c1-3-7-10-13(18)16-15(20)17(14(10)19)11-8-5-6-9-12(11)21-4-2/h5-6,8-10H,3-4,7H2,1-2H3,(H,16,18,20). The number of para-hydroxylation sites is 2. The van der Waals surface area contributed by atoms with E-state index in [0.29, 0.717) is 30.9 Å². The maximum absolute atomic E-state index is 12.5. The van der Waals surface area contributed by atoms with Crippen molar-refractivity contribution in [2.75, 3.05) is 11.5 Å². The van der Waals surface area contributed by atoms with E-state index in [1.54, 1.807) is 24.3 Å². The van der Waals surface area contributed by atoms with Crippen LogP contribution in [0.4, 0.5) is 10.5 Å². The van der Waals surface area contributed by atoms with Crippen LogP contribution in [0.15, 0.2) is 24.3 Å². The van der Waals surface area contributed by atoms with E-state index in [1.165, 1.54) is 0 Å². The Morgan fingerprint density at radius 2 is 1.90 bits per heavy atom. The highest BCUT2D eigenvalue weighted by Gasteiger charge is 2.41. The highest BCUT2D eigenvalue weighted by atomic mass is 16.5. The molecule has 2 rings (SSSR count). The summed E-state index contributed by atoms with van der Waals surface area (Å²) in [5.74, 6) is -1.43. The molecule has 1 aliphatic heterocycles. The molecule has 1 aliphatic rings. The lowest BCUT2D eigenvalue weighted by molar-refractivity contribution is -0.134. The Hall–Kier alpha value is -2.37. The predicted octanol–water partition coefficient (Wildman–Crippen LogP) is 2.08. The second-order valence-corrected chi connectivity index (χ2v) is 4.71. The smallest absolute Gasteiger partial charge is 0.335 e. The monoisotopic (exact) mass is 290 g/mol. The number of barbiturate groups is 1. The second-order valence-electron chi connectivity index (χ2n) is 4.71. The van der Waals surface area contributed by atoms with Gasteiger partial charge in [0, 0.05) is 0 Å². The zero-order valence-corrected chi connectivity index (χ0v) is 12.1. The molecule has 1 N–H and O–H groups in total. The third kappa shape index (κ3) is 2.89. The van der Waals surface area contributed by atoms with Crippen LogP contribution in [0.5, 0.6) is 5.75 Å². The molecular weight excluding hydrogens is 272 g/mol. The molecule has 0 bridgehead atoms. The summed E-state index contributed by atoms with van der Waals surface area (Å²) in [5, 5.41) is 2.23. The van der Waals surface area contributed by atoms with Gasteiger partial charge in [0.05, 0.1) is 12.3 Å². The van der Waals surface area contributed by atoms with E-state index in [9.17, 15) is 14.4 Å². The van der Waals surface area contributed by atoms with Gasteiger partial charge in [0.2, 0.25) is 11.8 Å². The van der Waals surface area contributed by atoms with E-state index in [0.717, 1.165) is 4.90 Å². The number of nitrogens with one attached hydrogen (secondary N) is 1. The van der Waals surface area contributed by atoms with Gasteiger partial charge in [-0.05, 0) is 25.5 Å². The highest BCUT2D eigenvalue weighted by Crippen LogP contribution is 2.31. The predicted molar refractivity (Wildman–Crippen MR) is 77.0 cm³/mol.